The molecule has 0 atom stereocenters. The zero-order valence-corrected chi connectivity index (χ0v) is 18.1. The molecule has 1 aliphatic heterocycles. The van der Waals surface area contributed by atoms with Crippen LogP contribution in [-0.2, 0) is 17.8 Å². The number of halogens is 1. The number of ether oxygens (including phenoxy) is 2. The van der Waals surface area contributed by atoms with Gasteiger partial charge in [-0.25, -0.2) is 4.98 Å². The van der Waals surface area contributed by atoms with Crippen molar-refractivity contribution in [3.05, 3.63) is 69.7 Å². The van der Waals surface area contributed by atoms with Gasteiger partial charge in [0.05, 0.1) is 6.54 Å². The molecule has 1 amide bonds. The van der Waals surface area contributed by atoms with Crippen LogP contribution in [0.25, 0.3) is 0 Å². The maximum absolute atomic E-state index is 12.4. The number of fused-ring (bicyclic) bond motifs is 1. The lowest BCUT2D eigenvalue weighted by Gasteiger charge is -2.20. The second-order valence-electron chi connectivity index (χ2n) is 7.10. The topological polar surface area (TPSA) is 63.7 Å². The Balaban J connectivity index is 1.29. The molecule has 156 valence electrons. The van der Waals surface area contributed by atoms with Crippen molar-refractivity contribution in [2.75, 3.05) is 32.1 Å². The van der Waals surface area contributed by atoms with Crippen molar-refractivity contribution in [2.24, 2.45) is 0 Å². The van der Waals surface area contributed by atoms with Crippen molar-refractivity contribution in [1.29, 1.82) is 0 Å². The van der Waals surface area contributed by atoms with Gasteiger partial charge in [0.15, 0.2) is 16.6 Å². The van der Waals surface area contributed by atoms with Gasteiger partial charge >= 0.3 is 0 Å². The molecule has 0 radical (unpaired) electrons. The number of aromatic nitrogens is 1. The fraction of sp³-hybridized carbons (Fsp3) is 0.273. The Morgan fingerprint density at radius 3 is 2.83 bits per heavy atom. The Morgan fingerprint density at radius 1 is 1.20 bits per heavy atom. The van der Waals surface area contributed by atoms with Crippen molar-refractivity contribution in [1.82, 2.24) is 9.88 Å². The van der Waals surface area contributed by atoms with Gasteiger partial charge in [-0.05, 0) is 36.4 Å². The maximum atomic E-state index is 12.4. The number of carbonyl (C=O) groups is 1. The lowest BCUT2D eigenvalue weighted by Crippen LogP contribution is -2.29. The number of amides is 1. The molecule has 4 rings (SSSR count). The summed E-state index contributed by atoms with van der Waals surface area (Å²) < 4.78 is 11.2. The van der Waals surface area contributed by atoms with Crippen molar-refractivity contribution in [2.45, 2.75) is 13.0 Å². The molecule has 0 bridgehead atoms. The van der Waals surface area contributed by atoms with Crippen LogP contribution in [0, 0.1) is 0 Å². The highest BCUT2D eigenvalue weighted by Crippen LogP contribution is 2.31. The molecule has 30 heavy (non-hydrogen) atoms. The first-order valence-electron chi connectivity index (χ1n) is 9.62. The maximum Gasteiger partial charge on any atom is 0.240 e. The molecule has 3 aromatic rings. The Labute approximate surface area is 184 Å². The average molecular weight is 444 g/mol. The van der Waals surface area contributed by atoms with Crippen molar-refractivity contribution in [3.63, 3.8) is 0 Å². The molecule has 2 aromatic carbocycles. The summed E-state index contributed by atoms with van der Waals surface area (Å²) >= 11 is 7.68. The summed E-state index contributed by atoms with van der Waals surface area (Å²) in [6, 6.07) is 13.6. The first-order valence-corrected chi connectivity index (χ1v) is 10.8. The van der Waals surface area contributed by atoms with Crippen LogP contribution in [0.4, 0.5) is 5.13 Å². The summed E-state index contributed by atoms with van der Waals surface area (Å²) in [4.78, 5) is 19.7. The highest BCUT2D eigenvalue weighted by atomic mass is 35.5. The Hall–Kier alpha value is -2.61. The number of carbonyl (C=O) groups excluding carboxylic acids is 1. The molecule has 1 aromatic heterocycles. The van der Waals surface area contributed by atoms with Gasteiger partial charge in [-0.2, -0.15) is 0 Å². The number of nitrogens with one attached hydrogen (secondary N) is 1. The molecule has 0 aliphatic carbocycles. The quantitative estimate of drug-likeness (QED) is 0.592. The van der Waals surface area contributed by atoms with E-state index < -0.39 is 0 Å². The molecule has 0 saturated heterocycles. The largest absolute Gasteiger partial charge is 0.486 e. The van der Waals surface area contributed by atoms with Crippen LogP contribution < -0.4 is 14.8 Å². The fourth-order valence-electron chi connectivity index (χ4n) is 3.23. The number of hydrogen-bond acceptors (Lipinski definition) is 6. The minimum absolute atomic E-state index is 0.103. The van der Waals surface area contributed by atoms with Crippen LogP contribution in [0.2, 0.25) is 5.02 Å². The summed E-state index contributed by atoms with van der Waals surface area (Å²) in [7, 11) is 1.90. The van der Waals surface area contributed by atoms with E-state index in [-0.39, 0.29) is 12.5 Å². The summed E-state index contributed by atoms with van der Waals surface area (Å²) in [5.74, 6) is 1.42. The van der Waals surface area contributed by atoms with Gasteiger partial charge in [-0.3, -0.25) is 9.69 Å². The van der Waals surface area contributed by atoms with Gasteiger partial charge in [0.2, 0.25) is 5.91 Å². The standard InChI is InChI=1S/C22H22ClN3O3S/c1-26(13-15-6-7-19-20(10-15)29-9-8-28-19)14-21(27)25-22-24-12-17(30-22)11-16-4-2-3-5-18(16)23/h2-7,10,12H,8-9,11,13-14H2,1H3,(H,24,25,27). The first kappa shape index (κ1) is 20.7. The Kier molecular flexibility index (Phi) is 6.52. The van der Waals surface area contributed by atoms with Crippen molar-refractivity contribution < 1.29 is 14.3 Å². The van der Waals surface area contributed by atoms with Gasteiger partial charge in [-0.1, -0.05) is 35.9 Å². The molecule has 1 aliphatic rings. The molecule has 0 fully saturated rings. The molecule has 0 spiro atoms. The second-order valence-corrected chi connectivity index (χ2v) is 8.62. The van der Waals surface area contributed by atoms with E-state index in [9.17, 15) is 4.79 Å². The number of hydrogen-bond donors (Lipinski definition) is 1. The molecule has 1 N–H and O–H groups in total. The summed E-state index contributed by atoms with van der Waals surface area (Å²) in [5, 5.41) is 4.20. The predicted octanol–water partition coefficient (Wildman–Crippen LogP) is 4.23. The van der Waals surface area contributed by atoms with E-state index in [1.807, 2.05) is 54.4 Å². The Morgan fingerprint density at radius 2 is 2.00 bits per heavy atom. The van der Waals surface area contributed by atoms with Crippen LogP contribution in [-0.4, -0.2) is 42.6 Å². The number of thiazole rings is 1. The van der Waals surface area contributed by atoms with E-state index >= 15 is 0 Å². The van der Waals surface area contributed by atoms with E-state index in [1.165, 1.54) is 11.3 Å². The lowest BCUT2D eigenvalue weighted by molar-refractivity contribution is -0.117. The third-order valence-corrected chi connectivity index (χ3v) is 5.88. The van der Waals surface area contributed by atoms with Crippen LogP contribution in [0.1, 0.15) is 16.0 Å². The molecule has 2 heterocycles. The van der Waals surface area contributed by atoms with Crippen LogP contribution in [0.5, 0.6) is 11.5 Å². The monoisotopic (exact) mass is 443 g/mol. The van der Waals surface area contributed by atoms with Crippen molar-refractivity contribution in [3.8, 4) is 11.5 Å². The summed E-state index contributed by atoms with van der Waals surface area (Å²) in [5.41, 5.74) is 2.10. The van der Waals surface area contributed by atoms with Crippen LogP contribution in [0.3, 0.4) is 0 Å². The van der Waals surface area contributed by atoms with Gasteiger partial charge in [0.25, 0.3) is 0 Å². The zero-order chi connectivity index (χ0) is 20.9. The van der Waals surface area contributed by atoms with E-state index in [2.05, 4.69) is 10.3 Å². The number of anilines is 1. The van der Waals surface area contributed by atoms with Gasteiger partial charge in [-0.15, -0.1) is 11.3 Å². The molecule has 0 unspecified atom stereocenters. The second kappa shape index (κ2) is 9.47. The van der Waals surface area contributed by atoms with Crippen LogP contribution >= 0.6 is 22.9 Å². The zero-order valence-electron chi connectivity index (χ0n) is 16.6. The lowest BCUT2D eigenvalue weighted by atomic mass is 10.1. The molecular formula is C22H22ClN3O3S. The smallest absolute Gasteiger partial charge is 0.240 e. The average Bonchev–Trinajstić information content (AvgIpc) is 3.16. The third-order valence-electron chi connectivity index (χ3n) is 4.60. The first-order chi connectivity index (χ1) is 14.6. The van der Waals surface area contributed by atoms with E-state index in [0.29, 0.717) is 31.3 Å². The molecule has 8 heteroatoms. The van der Waals surface area contributed by atoms with Crippen molar-refractivity contribution >= 4 is 34.0 Å². The van der Waals surface area contributed by atoms with Gasteiger partial charge < -0.3 is 14.8 Å². The summed E-state index contributed by atoms with van der Waals surface area (Å²) in [6.07, 6.45) is 2.47. The highest BCUT2D eigenvalue weighted by Gasteiger charge is 2.14. The third kappa shape index (κ3) is 5.30. The van der Waals surface area contributed by atoms with E-state index in [1.54, 1.807) is 6.20 Å². The molecular weight excluding hydrogens is 422 g/mol. The van der Waals surface area contributed by atoms with Crippen LogP contribution in [0.15, 0.2) is 48.7 Å². The van der Waals surface area contributed by atoms with E-state index in [0.717, 1.165) is 32.5 Å². The number of rotatable bonds is 7. The number of benzene rings is 2. The molecule has 6 nitrogen and oxygen atoms in total. The highest BCUT2D eigenvalue weighted by molar-refractivity contribution is 7.15. The molecule has 0 saturated carbocycles. The summed E-state index contributed by atoms with van der Waals surface area (Å²) in [6.45, 7) is 2.01. The van der Waals surface area contributed by atoms with Gasteiger partial charge in [0, 0.05) is 29.1 Å². The normalized spacial score (nSPS) is 12.8. The predicted molar refractivity (Wildman–Crippen MR) is 119 cm³/mol. The number of likely N-dealkylation sites (N-methyl/N-ethyl adjacent to an activating group) is 1. The Bertz CT molecular complexity index is 1040. The minimum atomic E-state index is -0.103. The van der Waals surface area contributed by atoms with Gasteiger partial charge in [0.1, 0.15) is 13.2 Å². The van der Waals surface area contributed by atoms with E-state index in [4.69, 9.17) is 21.1 Å². The minimum Gasteiger partial charge on any atom is -0.486 e. The number of nitrogens with zero attached hydrogens (tertiary/aromatic N) is 2. The SMILES string of the molecule is CN(CC(=O)Nc1ncc(Cc2ccccc2Cl)s1)Cc1ccc2c(c1)OCCO2. The fourth-order valence-corrected chi connectivity index (χ4v) is 4.29.